The van der Waals surface area contributed by atoms with Crippen molar-refractivity contribution in [1.82, 2.24) is 0 Å². The van der Waals surface area contributed by atoms with Gasteiger partial charge in [0, 0.05) is 14.0 Å². The molecule has 1 heterocycles. The molecule has 0 radical (unpaired) electrons. The molecule has 0 amide bonds. The standard InChI is InChI=1S/C23H26O7/c1-15-19(30-22(25)18-12-8-5-9-13-18)20(27-14-17-10-6-4-7-11-17)21(29-16(2)24)23(26-3)28-15/h4-13,15,19-21,23H,14H2,1-3H3/t15-,19-,20+,21+,23+/m0/s1. The van der Waals surface area contributed by atoms with Crippen LogP contribution in [0.2, 0.25) is 0 Å². The Hall–Kier alpha value is -2.74. The van der Waals surface area contributed by atoms with Gasteiger partial charge in [0.05, 0.1) is 18.3 Å². The molecule has 1 saturated heterocycles. The summed E-state index contributed by atoms with van der Waals surface area (Å²) >= 11 is 0. The smallest absolute Gasteiger partial charge is 0.338 e. The molecule has 0 aliphatic carbocycles. The zero-order valence-corrected chi connectivity index (χ0v) is 17.2. The summed E-state index contributed by atoms with van der Waals surface area (Å²) in [4.78, 5) is 24.4. The third kappa shape index (κ3) is 5.44. The van der Waals surface area contributed by atoms with Crippen LogP contribution in [0.1, 0.15) is 29.8 Å². The maximum atomic E-state index is 12.7. The van der Waals surface area contributed by atoms with Crippen LogP contribution >= 0.6 is 0 Å². The molecular formula is C23H26O7. The van der Waals surface area contributed by atoms with Crippen LogP contribution in [0.3, 0.4) is 0 Å². The molecule has 2 aromatic carbocycles. The van der Waals surface area contributed by atoms with Crippen molar-refractivity contribution in [3.63, 3.8) is 0 Å². The van der Waals surface area contributed by atoms with E-state index in [1.54, 1.807) is 31.2 Å². The van der Waals surface area contributed by atoms with E-state index in [4.69, 9.17) is 23.7 Å². The van der Waals surface area contributed by atoms with Crippen molar-refractivity contribution in [3.8, 4) is 0 Å². The van der Waals surface area contributed by atoms with Crippen molar-refractivity contribution >= 4 is 11.9 Å². The van der Waals surface area contributed by atoms with E-state index in [9.17, 15) is 9.59 Å². The molecule has 0 bridgehead atoms. The highest BCUT2D eigenvalue weighted by Crippen LogP contribution is 2.30. The highest BCUT2D eigenvalue weighted by Gasteiger charge is 2.49. The van der Waals surface area contributed by atoms with E-state index in [0.29, 0.717) is 5.56 Å². The fourth-order valence-electron chi connectivity index (χ4n) is 3.36. The molecular weight excluding hydrogens is 388 g/mol. The van der Waals surface area contributed by atoms with E-state index in [1.165, 1.54) is 14.0 Å². The van der Waals surface area contributed by atoms with Crippen LogP contribution in [0.5, 0.6) is 0 Å². The Morgan fingerprint density at radius 1 is 0.900 bits per heavy atom. The first-order valence-corrected chi connectivity index (χ1v) is 9.76. The normalized spacial score (nSPS) is 26.0. The topological polar surface area (TPSA) is 80.3 Å². The average Bonchev–Trinajstić information content (AvgIpc) is 2.76. The second-order valence-corrected chi connectivity index (χ2v) is 7.02. The lowest BCUT2D eigenvalue weighted by molar-refractivity contribution is -0.298. The maximum absolute atomic E-state index is 12.7. The largest absolute Gasteiger partial charge is 0.454 e. The number of hydrogen-bond acceptors (Lipinski definition) is 7. The van der Waals surface area contributed by atoms with Gasteiger partial charge in [-0.05, 0) is 24.6 Å². The summed E-state index contributed by atoms with van der Waals surface area (Å²) in [6.07, 6.45) is -3.89. The summed E-state index contributed by atoms with van der Waals surface area (Å²) in [7, 11) is 1.46. The second kappa shape index (κ2) is 10.3. The number of carbonyl (C=O) groups excluding carboxylic acids is 2. The zero-order chi connectivity index (χ0) is 21.5. The second-order valence-electron chi connectivity index (χ2n) is 7.02. The van der Waals surface area contributed by atoms with E-state index in [0.717, 1.165) is 5.56 Å². The molecule has 1 fully saturated rings. The van der Waals surface area contributed by atoms with Crippen molar-refractivity contribution in [3.05, 3.63) is 71.8 Å². The van der Waals surface area contributed by atoms with Crippen molar-refractivity contribution in [2.24, 2.45) is 0 Å². The molecule has 1 aliphatic rings. The molecule has 30 heavy (non-hydrogen) atoms. The van der Waals surface area contributed by atoms with E-state index in [-0.39, 0.29) is 6.61 Å². The maximum Gasteiger partial charge on any atom is 0.338 e. The minimum absolute atomic E-state index is 0.242. The molecule has 160 valence electrons. The number of ether oxygens (including phenoxy) is 5. The van der Waals surface area contributed by atoms with Gasteiger partial charge in [-0.25, -0.2) is 4.79 Å². The number of esters is 2. The Morgan fingerprint density at radius 3 is 2.13 bits per heavy atom. The molecule has 0 N–H and O–H groups in total. The highest BCUT2D eigenvalue weighted by atomic mass is 16.7. The molecule has 0 saturated carbocycles. The average molecular weight is 414 g/mol. The number of methoxy groups -OCH3 is 1. The van der Waals surface area contributed by atoms with E-state index < -0.39 is 42.6 Å². The van der Waals surface area contributed by atoms with Crippen LogP contribution in [-0.2, 0) is 35.1 Å². The molecule has 5 atom stereocenters. The minimum atomic E-state index is -0.902. The molecule has 7 heteroatoms. The Kier molecular flexibility index (Phi) is 7.57. The van der Waals surface area contributed by atoms with Crippen LogP contribution in [0, 0.1) is 0 Å². The highest BCUT2D eigenvalue weighted by molar-refractivity contribution is 5.89. The summed E-state index contributed by atoms with van der Waals surface area (Å²) in [5, 5.41) is 0. The Labute approximate surface area is 175 Å². The van der Waals surface area contributed by atoms with Gasteiger partial charge in [0.1, 0.15) is 6.10 Å². The van der Waals surface area contributed by atoms with Crippen molar-refractivity contribution in [1.29, 1.82) is 0 Å². The van der Waals surface area contributed by atoms with Crippen LogP contribution in [0.25, 0.3) is 0 Å². The summed E-state index contributed by atoms with van der Waals surface area (Å²) in [6, 6.07) is 18.2. The third-order valence-corrected chi connectivity index (χ3v) is 4.80. The predicted octanol–water partition coefficient (Wildman–Crippen LogP) is 3.12. The summed E-state index contributed by atoms with van der Waals surface area (Å²) < 4.78 is 28.5. The van der Waals surface area contributed by atoms with Crippen LogP contribution in [-0.4, -0.2) is 49.8 Å². The fourth-order valence-corrected chi connectivity index (χ4v) is 3.36. The molecule has 0 spiro atoms. The van der Waals surface area contributed by atoms with Crippen LogP contribution in [0.15, 0.2) is 60.7 Å². The first-order chi connectivity index (χ1) is 14.5. The van der Waals surface area contributed by atoms with Gasteiger partial charge in [-0.1, -0.05) is 48.5 Å². The van der Waals surface area contributed by atoms with E-state index >= 15 is 0 Å². The van der Waals surface area contributed by atoms with E-state index in [2.05, 4.69) is 0 Å². The van der Waals surface area contributed by atoms with Crippen molar-refractivity contribution < 1.29 is 33.3 Å². The van der Waals surface area contributed by atoms with E-state index in [1.807, 2.05) is 36.4 Å². The molecule has 3 rings (SSSR count). The third-order valence-electron chi connectivity index (χ3n) is 4.80. The number of carbonyl (C=O) groups is 2. The van der Waals surface area contributed by atoms with Crippen LogP contribution < -0.4 is 0 Å². The van der Waals surface area contributed by atoms with Gasteiger partial charge in [0.15, 0.2) is 18.5 Å². The van der Waals surface area contributed by atoms with Crippen molar-refractivity contribution in [2.45, 2.75) is 51.2 Å². The monoisotopic (exact) mass is 414 g/mol. The van der Waals surface area contributed by atoms with Gasteiger partial charge in [0.25, 0.3) is 0 Å². The Bertz CT molecular complexity index is 824. The minimum Gasteiger partial charge on any atom is -0.454 e. The first-order valence-electron chi connectivity index (χ1n) is 9.76. The number of rotatable bonds is 7. The first kappa shape index (κ1) is 22.0. The Balaban J connectivity index is 1.85. The summed E-state index contributed by atoms with van der Waals surface area (Å²) in [6.45, 7) is 3.30. The SMILES string of the molecule is CO[C@@H]1O[C@@H](C)[C@H](OC(=O)c2ccccc2)[C@@H](OCc2ccccc2)[C@H]1OC(C)=O. The predicted molar refractivity (Wildman–Crippen MR) is 108 cm³/mol. The van der Waals surface area contributed by atoms with Gasteiger partial charge in [-0.3, -0.25) is 4.79 Å². The summed E-state index contributed by atoms with van der Waals surface area (Å²) in [5.74, 6) is -1.02. The lowest BCUT2D eigenvalue weighted by Gasteiger charge is -2.43. The molecule has 0 unspecified atom stereocenters. The lowest BCUT2D eigenvalue weighted by atomic mass is 9.98. The summed E-state index contributed by atoms with van der Waals surface area (Å²) in [5.41, 5.74) is 1.34. The van der Waals surface area contributed by atoms with Crippen LogP contribution in [0.4, 0.5) is 0 Å². The van der Waals surface area contributed by atoms with Gasteiger partial charge in [-0.15, -0.1) is 0 Å². The lowest BCUT2D eigenvalue weighted by Crippen LogP contribution is -2.60. The molecule has 1 aliphatic heterocycles. The van der Waals surface area contributed by atoms with Gasteiger partial charge < -0.3 is 23.7 Å². The zero-order valence-electron chi connectivity index (χ0n) is 17.2. The van der Waals surface area contributed by atoms with Gasteiger partial charge in [-0.2, -0.15) is 0 Å². The number of hydrogen-bond donors (Lipinski definition) is 0. The Morgan fingerprint density at radius 2 is 1.53 bits per heavy atom. The molecule has 0 aromatic heterocycles. The van der Waals surface area contributed by atoms with Crippen molar-refractivity contribution in [2.75, 3.05) is 7.11 Å². The molecule has 2 aromatic rings. The number of benzene rings is 2. The quantitative estimate of drug-likeness (QED) is 0.644. The van der Waals surface area contributed by atoms with Gasteiger partial charge >= 0.3 is 11.9 Å². The molecule has 7 nitrogen and oxygen atoms in total. The van der Waals surface area contributed by atoms with Gasteiger partial charge in [0.2, 0.25) is 0 Å². The fraction of sp³-hybridized carbons (Fsp3) is 0.391.